The molecule has 0 saturated carbocycles. The first-order valence-corrected chi connectivity index (χ1v) is 9.76. The van der Waals surface area contributed by atoms with E-state index < -0.39 is 0 Å². The van der Waals surface area contributed by atoms with E-state index in [1.807, 2.05) is 25.1 Å². The van der Waals surface area contributed by atoms with Gasteiger partial charge in [-0.1, -0.05) is 41.9 Å². The molecule has 1 aliphatic heterocycles. The maximum atomic E-state index is 12.7. The van der Waals surface area contributed by atoms with Crippen molar-refractivity contribution in [2.45, 2.75) is 57.2 Å². The monoisotopic (exact) mass is 407 g/mol. The highest BCUT2D eigenvalue weighted by Gasteiger charge is 2.40. The van der Waals surface area contributed by atoms with Gasteiger partial charge >= 0.3 is 0 Å². The van der Waals surface area contributed by atoms with Gasteiger partial charge in [0.05, 0.1) is 21.9 Å². The van der Waals surface area contributed by atoms with Crippen LogP contribution in [0, 0.1) is 5.92 Å². The van der Waals surface area contributed by atoms with E-state index in [4.69, 9.17) is 4.98 Å². The fraction of sp³-hybridized carbons (Fsp3) is 0.556. The first-order chi connectivity index (χ1) is 11.9. The van der Waals surface area contributed by atoms with Gasteiger partial charge < -0.3 is 9.88 Å². The molecule has 4 unspecified atom stereocenters. The molecular formula is C18H26BrN5O. The molecule has 0 radical (unpaired) electrons. The van der Waals surface area contributed by atoms with Crippen LogP contribution in [0.15, 0.2) is 24.3 Å². The molecule has 1 saturated heterocycles. The van der Waals surface area contributed by atoms with Crippen molar-refractivity contribution in [3.8, 4) is 0 Å². The number of hydrazine groups is 1. The van der Waals surface area contributed by atoms with E-state index in [2.05, 4.69) is 63.5 Å². The molecule has 136 valence electrons. The summed E-state index contributed by atoms with van der Waals surface area (Å²) in [5, 5.41) is 3.11. The Morgan fingerprint density at radius 1 is 1.32 bits per heavy atom. The fourth-order valence-corrected chi connectivity index (χ4v) is 4.54. The Balaban J connectivity index is 1.76. The molecule has 25 heavy (non-hydrogen) atoms. The number of aryl methyl sites for hydroxylation is 1. The number of imidazole rings is 1. The molecule has 3 N–H and O–H groups in total. The van der Waals surface area contributed by atoms with Crippen LogP contribution in [0.4, 0.5) is 0 Å². The Hall–Kier alpha value is -1.44. The summed E-state index contributed by atoms with van der Waals surface area (Å²) in [6.45, 7) is 9.17. The van der Waals surface area contributed by atoms with E-state index >= 15 is 0 Å². The minimum Gasteiger partial charge on any atom is -0.345 e. The molecule has 0 aliphatic carbocycles. The predicted octanol–water partition coefficient (Wildman–Crippen LogP) is 2.50. The topological polar surface area (TPSA) is 71.0 Å². The second-order valence-electron chi connectivity index (χ2n) is 6.91. The third-order valence-electron chi connectivity index (χ3n) is 4.81. The zero-order valence-corrected chi connectivity index (χ0v) is 16.7. The van der Waals surface area contributed by atoms with Crippen molar-refractivity contribution in [3.05, 3.63) is 30.1 Å². The Morgan fingerprint density at radius 2 is 2.04 bits per heavy atom. The molecule has 1 aromatic heterocycles. The van der Waals surface area contributed by atoms with Gasteiger partial charge in [-0.25, -0.2) is 10.4 Å². The number of nitrogens with zero attached hydrogens (tertiary/aromatic N) is 2. The van der Waals surface area contributed by atoms with Crippen LogP contribution in [0.5, 0.6) is 0 Å². The molecule has 1 fully saturated rings. The summed E-state index contributed by atoms with van der Waals surface area (Å²) in [4.78, 5) is 17.5. The smallest absolute Gasteiger partial charge is 0.240 e. The van der Waals surface area contributed by atoms with Crippen molar-refractivity contribution in [2.75, 3.05) is 0 Å². The lowest BCUT2D eigenvalue weighted by atomic mass is 9.99. The summed E-state index contributed by atoms with van der Waals surface area (Å²) < 4.78 is 2.16. The van der Waals surface area contributed by atoms with Crippen LogP contribution < -0.4 is 16.2 Å². The van der Waals surface area contributed by atoms with Crippen molar-refractivity contribution in [1.29, 1.82) is 0 Å². The van der Waals surface area contributed by atoms with Crippen LogP contribution in [0.25, 0.3) is 11.0 Å². The maximum absolute atomic E-state index is 12.7. The van der Waals surface area contributed by atoms with Gasteiger partial charge in [-0.05, 0) is 31.9 Å². The number of hydrogen-bond acceptors (Lipinski definition) is 4. The normalized spacial score (nSPS) is 24.8. The minimum absolute atomic E-state index is 0.0280. The highest BCUT2D eigenvalue weighted by atomic mass is 79.9. The Kier molecular flexibility index (Phi) is 5.46. The van der Waals surface area contributed by atoms with Gasteiger partial charge in [-0.15, -0.1) is 0 Å². The van der Waals surface area contributed by atoms with Crippen LogP contribution in [-0.4, -0.2) is 32.4 Å². The molecule has 4 atom stereocenters. The number of nitrogens with one attached hydrogen (secondary N) is 3. The van der Waals surface area contributed by atoms with Crippen molar-refractivity contribution < 1.29 is 4.79 Å². The summed E-state index contributed by atoms with van der Waals surface area (Å²) in [6, 6.07) is 7.80. The second kappa shape index (κ2) is 7.43. The first kappa shape index (κ1) is 18.4. The number of rotatable bonds is 5. The number of hydrogen-bond donors (Lipinski definition) is 3. The zero-order valence-electron chi connectivity index (χ0n) is 15.1. The molecule has 0 spiro atoms. The Labute approximate surface area is 156 Å². The van der Waals surface area contributed by atoms with E-state index in [0.717, 1.165) is 23.4 Å². The summed E-state index contributed by atoms with van der Waals surface area (Å²) >= 11 is 3.67. The van der Waals surface area contributed by atoms with E-state index in [9.17, 15) is 4.79 Å². The molecule has 1 amide bonds. The van der Waals surface area contributed by atoms with Crippen LogP contribution in [0.3, 0.4) is 0 Å². The summed E-state index contributed by atoms with van der Waals surface area (Å²) in [6.07, 6.45) is 0. The second-order valence-corrected chi connectivity index (χ2v) is 7.97. The molecule has 1 aromatic carbocycles. The number of amides is 1. The maximum Gasteiger partial charge on any atom is 0.240 e. The average molecular weight is 408 g/mol. The third-order valence-corrected chi connectivity index (χ3v) is 5.91. The zero-order chi connectivity index (χ0) is 18.1. The van der Waals surface area contributed by atoms with Crippen LogP contribution in [-0.2, 0) is 11.3 Å². The number of halogens is 1. The molecule has 0 bridgehead atoms. The quantitative estimate of drug-likeness (QED) is 0.665. The number of alkyl halides is 1. The van der Waals surface area contributed by atoms with E-state index in [1.165, 1.54) is 0 Å². The summed E-state index contributed by atoms with van der Waals surface area (Å²) in [5.74, 6) is 1.28. The summed E-state index contributed by atoms with van der Waals surface area (Å²) in [5.41, 5.74) is 8.38. The van der Waals surface area contributed by atoms with Crippen LogP contribution in [0.2, 0.25) is 0 Å². The van der Waals surface area contributed by atoms with Gasteiger partial charge in [-0.3, -0.25) is 10.2 Å². The van der Waals surface area contributed by atoms with Gasteiger partial charge in [0.25, 0.3) is 0 Å². The van der Waals surface area contributed by atoms with Crippen molar-refractivity contribution in [1.82, 2.24) is 25.7 Å². The number of fused-ring (bicyclic) bond motifs is 1. The van der Waals surface area contributed by atoms with Gasteiger partial charge in [0.2, 0.25) is 5.91 Å². The molecule has 7 heteroatoms. The lowest BCUT2D eigenvalue weighted by molar-refractivity contribution is -0.123. The van der Waals surface area contributed by atoms with Gasteiger partial charge in [-0.2, -0.15) is 0 Å². The predicted molar refractivity (Wildman–Crippen MR) is 103 cm³/mol. The standard InChI is InChI=1S/C18H26BrN5O/c1-5-24-13-9-7-6-8-12(13)21-17(24)11(4)20-18(25)16-14(19)15(10(2)3)22-23-16/h6-11,14-16,22-23H,5H2,1-4H3,(H,20,25). The SMILES string of the molecule is CCn1c(C(C)NC(=O)C2NNC(C(C)C)C2Br)nc2ccccc21. The van der Waals surface area contributed by atoms with E-state index in [1.54, 1.807) is 0 Å². The molecule has 1 aliphatic rings. The largest absolute Gasteiger partial charge is 0.345 e. The lowest BCUT2D eigenvalue weighted by Crippen LogP contribution is -2.47. The molecule has 2 aromatic rings. The van der Waals surface area contributed by atoms with Gasteiger partial charge in [0.1, 0.15) is 11.9 Å². The van der Waals surface area contributed by atoms with Gasteiger partial charge in [0.15, 0.2) is 0 Å². The highest BCUT2D eigenvalue weighted by molar-refractivity contribution is 9.09. The highest BCUT2D eigenvalue weighted by Crippen LogP contribution is 2.24. The summed E-state index contributed by atoms with van der Waals surface area (Å²) in [7, 11) is 0. The number of carbonyl (C=O) groups excluding carboxylic acids is 1. The van der Waals surface area contributed by atoms with Crippen LogP contribution in [0.1, 0.15) is 39.6 Å². The first-order valence-electron chi connectivity index (χ1n) is 8.84. The number of carbonyl (C=O) groups is 1. The van der Waals surface area contributed by atoms with Crippen molar-refractivity contribution in [3.63, 3.8) is 0 Å². The lowest BCUT2D eigenvalue weighted by Gasteiger charge is -2.21. The Bertz CT molecular complexity index is 759. The van der Waals surface area contributed by atoms with Crippen LogP contribution >= 0.6 is 15.9 Å². The molecular weight excluding hydrogens is 382 g/mol. The van der Waals surface area contributed by atoms with E-state index in [-0.39, 0.29) is 28.9 Å². The minimum atomic E-state index is -0.311. The molecule has 2 heterocycles. The van der Waals surface area contributed by atoms with Crippen molar-refractivity contribution in [2.24, 2.45) is 5.92 Å². The molecule has 6 nitrogen and oxygen atoms in total. The molecule has 3 rings (SSSR count). The number of para-hydroxylation sites is 2. The van der Waals surface area contributed by atoms with E-state index in [0.29, 0.717) is 5.92 Å². The van der Waals surface area contributed by atoms with Crippen molar-refractivity contribution >= 4 is 32.9 Å². The van der Waals surface area contributed by atoms with Gasteiger partial charge in [0, 0.05) is 12.6 Å². The number of aromatic nitrogens is 2. The third kappa shape index (κ3) is 3.45. The average Bonchev–Trinajstić information content (AvgIpc) is 3.15. The fourth-order valence-electron chi connectivity index (χ4n) is 3.42. The Morgan fingerprint density at radius 3 is 2.68 bits per heavy atom. The number of benzene rings is 1.